The summed E-state index contributed by atoms with van der Waals surface area (Å²) < 4.78 is 5.46. The van der Waals surface area contributed by atoms with E-state index in [0.29, 0.717) is 17.0 Å². The molecule has 3 aromatic rings. The Labute approximate surface area is 188 Å². The molecule has 0 spiro atoms. The molecule has 9 nitrogen and oxygen atoms in total. The number of Topliss-reactive ketones (excluding diaryl/α,β-unsaturated/α-hetero) is 1. The lowest BCUT2D eigenvalue weighted by Crippen LogP contribution is -2.29. The summed E-state index contributed by atoms with van der Waals surface area (Å²) in [6, 6.07) is 16.3. The van der Waals surface area contributed by atoms with Crippen LogP contribution in [-0.4, -0.2) is 38.7 Å². The maximum absolute atomic E-state index is 13.1. The minimum Gasteiger partial charge on any atom is -0.507 e. The molecule has 0 saturated carbocycles. The summed E-state index contributed by atoms with van der Waals surface area (Å²) >= 11 is 0. The first-order chi connectivity index (χ1) is 15.9. The number of hydrogen-bond acceptors (Lipinski definition) is 7. The average Bonchev–Trinajstić information content (AvgIpc) is 3.09. The molecule has 2 heterocycles. The van der Waals surface area contributed by atoms with Gasteiger partial charge in [0.1, 0.15) is 11.5 Å². The molecular weight excluding hydrogens is 426 g/mol. The van der Waals surface area contributed by atoms with Crippen LogP contribution >= 0.6 is 0 Å². The summed E-state index contributed by atoms with van der Waals surface area (Å²) in [5.41, 5.74) is 0.960. The molecule has 0 radical (unpaired) electrons. The minimum atomic E-state index is -0.946. The Morgan fingerprint density at radius 3 is 2.42 bits per heavy atom. The number of nitro groups is 1. The van der Waals surface area contributed by atoms with Crippen molar-refractivity contribution in [3.05, 3.63) is 105 Å². The van der Waals surface area contributed by atoms with E-state index in [1.165, 1.54) is 36.3 Å². The number of rotatable bonds is 6. The van der Waals surface area contributed by atoms with Crippen molar-refractivity contribution in [2.45, 2.75) is 12.6 Å². The van der Waals surface area contributed by atoms with Crippen LogP contribution in [0.4, 0.5) is 5.69 Å². The fourth-order valence-corrected chi connectivity index (χ4v) is 3.82. The fraction of sp³-hybridized carbons (Fsp3) is 0.125. The number of nitrogens with zero attached hydrogens (tertiary/aromatic N) is 3. The zero-order valence-corrected chi connectivity index (χ0v) is 17.5. The van der Waals surface area contributed by atoms with Gasteiger partial charge in [0.05, 0.1) is 35.9 Å². The van der Waals surface area contributed by atoms with E-state index in [9.17, 15) is 24.8 Å². The number of para-hydroxylation sites is 1. The van der Waals surface area contributed by atoms with Gasteiger partial charge in [0.2, 0.25) is 0 Å². The van der Waals surface area contributed by atoms with Crippen molar-refractivity contribution in [3.63, 3.8) is 0 Å². The third kappa shape index (κ3) is 4.03. The SMILES string of the molecule is COc1ccccc1C1/C(=C(\O)c2ccc([N+](=O)[O-])cc2)C(=O)C(=O)N1Cc1ccccn1. The molecule has 1 unspecified atom stereocenters. The number of nitro benzene ring substituents is 1. The van der Waals surface area contributed by atoms with Gasteiger partial charge in [0, 0.05) is 29.5 Å². The number of carbonyl (C=O) groups is 2. The number of aromatic nitrogens is 1. The third-order valence-corrected chi connectivity index (χ3v) is 5.38. The molecule has 1 fully saturated rings. The van der Waals surface area contributed by atoms with Crippen LogP contribution in [0.15, 0.2) is 78.5 Å². The van der Waals surface area contributed by atoms with Gasteiger partial charge in [0.15, 0.2) is 0 Å². The van der Waals surface area contributed by atoms with Crippen molar-refractivity contribution >= 4 is 23.1 Å². The monoisotopic (exact) mass is 445 g/mol. The second kappa shape index (κ2) is 8.91. The molecule has 1 amide bonds. The highest BCUT2D eigenvalue weighted by molar-refractivity contribution is 6.46. The Hall–Kier alpha value is -4.53. The van der Waals surface area contributed by atoms with Gasteiger partial charge in [-0.05, 0) is 30.3 Å². The summed E-state index contributed by atoms with van der Waals surface area (Å²) in [5, 5.41) is 22.0. The molecule has 1 saturated heterocycles. The van der Waals surface area contributed by atoms with Crippen LogP contribution in [-0.2, 0) is 16.1 Å². The number of aliphatic hydroxyl groups is 1. The fourth-order valence-electron chi connectivity index (χ4n) is 3.82. The first kappa shape index (κ1) is 21.7. The number of likely N-dealkylation sites (tertiary alicyclic amines) is 1. The van der Waals surface area contributed by atoms with E-state index in [-0.39, 0.29) is 23.4 Å². The molecular formula is C24H19N3O6. The number of non-ortho nitro benzene ring substituents is 1. The normalized spacial score (nSPS) is 17.2. The first-order valence-corrected chi connectivity index (χ1v) is 9.98. The van der Waals surface area contributed by atoms with E-state index >= 15 is 0 Å². The van der Waals surface area contributed by atoms with Crippen LogP contribution in [0.3, 0.4) is 0 Å². The predicted molar refractivity (Wildman–Crippen MR) is 118 cm³/mol. The molecule has 0 bridgehead atoms. The highest BCUT2D eigenvalue weighted by Gasteiger charge is 2.47. The van der Waals surface area contributed by atoms with Crippen molar-refractivity contribution in [1.82, 2.24) is 9.88 Å². The van der Waals surface area contributed by atoms with E-state index < -0.39 is 28.4 Å². The number of amides is 1. The van der Waals surface area contributed by atoms with Crippen LogP contribution in [0, 0.1) is 10.1 Å². The summed E-state index contributed by atoms with van der Waals surface area (Å²) in [4.78, 5) is 42.1. The maximum atomic E-state index is 13.1. The molecule has 9 heteroatoms. The van der Waals surface area contributed by atoms with Gasteiger partial charge in [-0.3, -0.25) is 24.7 Å². The molecule has 1 aromatic heterocycles. The lowest BCUT2D eigenvalue weighted by atomic mass is 9.94. The zero-order valence-electron chi connectivity index (χ0n) is 17.5. The Kier molecular flexibility index (Phi) is 5.86. The van der Waals surface area contributed by atoms with E-state index in [1.807, 2.05) is 0 Å². The number of pyridine rings is 1. The van der Waals surface area contributed by atoms with E-state index in [0.717, 1.165) is 0 Å². The highest BCUT2D eigenvalue weighted by Crippen LogP contribution is 2.43. The quantitative estimate of drug-likeness (QED) is 0.202. The van der Waals surface area contributed by atoms with Gasteiger partial charge < -0.3 is 14.7 Å². The summed E-state index contributed by atoms with van der Waals surface area (Å²) in [6.45, 7) is 0.0329. The number of ketones is 1. The smallest absolute Gasteiger partial charge is 0.296 e. The summed E-state index contributed by atoms with van der Waals surface area (Å²) in [7, 11) is 1.47. The highest BCUT2D eigenvalue weighted by atomic mass is 16.6. The second-order valence-electron chi connectivity index (χ2n) is 7.29. The van der Waals surface area contributed by atoms with Gasteiger partial charge in [-0.25, -0.2) is 0 Å². The average molecular weight is 445 g/mol. The molecule has 33 heavy (non-hydrogen) atoms. The molecule has 1 N–H and O–H groups in total. The lowest BCUT2D eigenvalue weighted by Gasteiger charge is -2.26. The molecule has 1 aliphatic heterocycles. The van der Waals surface area contributed by atoms with Gasteiger partial charge >= 0.3 is 0 Å². The standard InChI is InChI=1S/C24H19N3O6/c1-33-19-8-3-2-7-18(19)21-20(22(28)15-9-11-17(12-10-15)27(31)32)23(29)24(30)26(21)14-16-6-4-5-13-25-16/h2-13,21,28H,14H2,1H3/b22-20+. The molecule has 4 rings (SSSR count). The van der Waals surface area contributed by atoms with Crippen molar-refractivity contribution in [1.29, 1.82) is 0 Å². The van der Waals surface area contributed by atoms with Crippen molar-refractivity contribution in [2.24, 2.45) is 0 Å². The number of methoxy groups -OCH3 is 1. The number of ether oxygens (including phenoxy) is 1. The van der Waals surface area contributed by atoms with Crippen LogP contribution in [0.25, 0.3) is 5.76 Å². The number of aliphatic hydroxyl groups excluding tert-OH is 1. The Morgan fingerprint density at radius 1 is 1.09 bits per heavy atom. The number of hydrogen-bond donors (Lipinski definition) is 1. The van der Waals surface area contributed by atoms with Crippen LogP contribution in [0.5, 0.6) is 5.75 Å². The Bertz CT molecular complexity index is 1250. The van der Waals surface area contributed by atoms with Crippen LogP contribution in [0.2, 0.25) is 0 Å². The molecule has 1 aliphatic rings. The largest absolute Gasteiger partial charge is 0.507 e. The predicted octanol–water partition coefficient (Wildman–Crippen LogP) is 3.62. The van der Waals surface area contributed by atoms with Gasteiger partial charge in [-0.2, -0.15) is 0 Å². The Morgan fingerprint density at radius 2 is 1.79 bits per heavy atom. The summed E-state index contributed by atoms with van der Waals surface area (Å²) in [5.74, 6) is -1.65. The second-order valence-corrected chi connectivity index (χ2v) is 7.29. The van der Waals surface area contributed by atoms with E-state index in [2.05, 4.69) is 4.98 Å². The summed E-state index contributed by atoms with van der Waals surface area (Å²) in [6.07, 6.45) is 1.58. The maximum Gasteiger partial charge on any atom is 0.296 e. The molecule has 166 valence electrons. The van der Waals surface area contributed by atoms with Crippen molar-refractivity contribution in [3.8, 4) is 5.75 Å². The third-order valence-electron chi connectivity index (χ3n) is 5.38. The molecule has 2 aromatic carbocycles. The first-order valence-electron chi connectivity index (χ1n) is 9.98. The van der Waals surface area contributed by atoms with Crippen molar-refractivity contribution in [2.75, 3.05) is 7.11 Å². The number of carbonyl (C=O) groups excluding carboxylic acids is 2. The zero-order chi connectivity index (χ0) is 23.5. The van der Waals surface area contributed by atoms with Gasteiger partial charge in [-0.1, -0.05) is 24.3 Å². The van der Waals surface area contributed by atoms with E-state index in [1.54, 1.807) is 48.7 Å². The topological polar surface area (TPSA) is 123 Å². The van der Waals surface area contributed by atoms with Gasteiger partial charge in [0.25, 0.3) is 17.4 Å². The minimum absolute atomic E-state index is 0.0329. The Balaban J connectivity index is 1.88. The van der Waals surface area contributed by atoms with E-state index in [4.69, 9.17) is 4.74 Å². The molecule has 1 atom stereocenters. The van der Waals surface area contributed by atoms with Gasteiger partial charge in [-0.15, -0.1) is 0 Å². The molecule has 0 aliphatic carbocycles. The van der Waals surface area contributed by atoms with Crippen LogP contribution in [0.1, 0.15) is 22.9 Å². The number of benzene rings is 2. The van der Waals surface area contributed by atoms with Crippen molar-refractivity contribution < 1.29 is 24.4 Å². The lowest BCUT2D eigenvalue weighted by molar-refractivity contribution is -0.384. The van der Waals surface area contributed by atoms with Crippen LogP contribution < -0.4 is 4.74 Å².